The lowest BCUT2D eigenvalue weighted by Crippen LogP contribution is -2.71. The first kappa shape index (κ1) is 23.1. The first-order chi connectivity index (χ1) is 12.0. The van der Waals surface area contributed by atoms with Gasteiger partial charge in [-0.1, -0.05) is 52.9 Å². The van der Waals surface area contributed by atoms with E-state index in [1.807, 2.05) is 7.11 Å². The van der Waals surface area contributed by atoms with Crippen LogP contribution in [0.5, 0.6) is 0 Å². The molecule has 4 nitrogen and oxygen atoms in total. The fourth-order valence-corrected chi connectivity index (χ4v) is 8.27. The molecule has 150 valence electrons. The number of ether oxygens (including phenoxy) is 2. The van der Waals surface area contributed by atoms with E-state index in [-0.39, 0.29) is 6.10 Å². The van der Waals surface area contributed by atoms with E-state index in [2.05, 4.69) is 20.8 Å². The van der Waals surface area contributed by atoms with Crippen molar-refractivity contribution in [3.8, 4) is 0 Å². The molecular weight excluding hydrogens is 332 g/mol. The molecule has 0 N–H and O–H groups in total. The van der Waals surface area contributed by atoms with Crippen molar-refractivity contribution in [1.29, 1.82) is 0 Å². The van der Waals surface area contributed by atoms with Crippen molar-refractivity contribution in [1.82, 2.24) is 0 Å². The number of rotatable bonds is 13. The van der Waals surface area contributed by atoms with Crippen LogP contribution in [0.3, 0.4) is 0 Å². The Morgan fingerprint density at radius 2 is 1.76 bits per heavy atom. The van der Waals surface area contributed by atoms with Gasteiger partial charge in [0.1, 0.15) is 5.22 Å². The normalized spacial score (nSPS) is 26.3. The van der Waals surface area contributed by atoms with Gasteiger partial charge in [0.05, 0.1) is 6.10 Å². The van der Waals surface area contributed by atoms with E-state index in [1.54, 1.807) is 14.2 Å². The fourth-order valence-electron chi connectivity index (χ4n) is 4.32. The molecule has 1 heterocycles. The molecule has 5 heteroatoms. The summed E-state index contributed by atoms with van der Waals surface area (Å²) in [6.07, 6.45) is 10.4. The summed E-state index contributed by atoms with van der Waals surface area (Å²) in [4.78, 5) is 0. The molecule has 1 rings (SSSR count). The van der Waals surface area contributed by atoms with Gasteiger partial charge in [0.2, 0.25) is 0 Å². The van der Waals surface area contributed by atoms with Crippen LogP contribution in [0.2, 0.25) is 6.04 Å². The summed E-state index contributed by atoms with van der Waals surface area (Å²) in [6, 6.07) is 0.993. The first-order valence-electron chi connectivity index (χ1n) is 10.3. The zero-order chi connectivity index (χ0) is 18.8. The second-order valence-electron chi connectivity index (χ2n) is 7.85. The Morgan fingerprint density at radius 1 is 1.04 bits per heavy atom. The third kappa shape index (κ3) is 5.77. The zero-order valence-corrected chi connectivity index (χ0v) is 18.6. The molecule has 1 aliphatic rings. The Morgan fingerprint density at radius 3 is 2.32 bits per heavy atom. The van der Waals surface area contributed by atoms with Crippen LogP contribution in [0, 0.1) is 5.92 Å². The van der Waals surface area contributed by atoms with Crippen LogP contribution in [0.1, 0.15) is 78.6 Å². The standard InChI is InChI=1S/C20H42O4Si/c1-7-8-11-16-24-19-14-12-17-25(22-5,23-6)20(19,21-4)15-10-9-13-18(2)3/h18-19H,7-17H2,1-6H3. The van der Waals surface area contributed by atoms with Gasteiger partial charge in [-0.3, -0.25) is 0 Å². The zero-order valence-electron chi connectivity index (χ0n) is 17.6. The third-order valence-electron chi connectivity index (χ3n) is 5.81. The van der Waals surface area contributed by atoms with Crippen molar-refractivity contribution >= 4 is 8.56 Å². The van der Waals surface area contributed by atoms with Gasteiger partial charge in [0, 0.05) is 27.9 Å². The molecule has 1 fully saturated rings. The van der Waals surface area contributed by atoms with Gasteiger partial charge in [0.25, 0.3) is 0 Å². The highest BCUT2D eigenvalue weighted by Gasteiger charge is 2.63. The van der Waals surface area contributed by atoms with E-state index in [0.29, 0.717) is 0 Å². The SMILES string of the molecule is CCCCCOC1CCC[Si](OC)(OC)C1(CCCCC(C)C)OC. The molecule has 0 aromatic heterocycles. The second-order valence-corrected chi connectivity index (χ2v) is 11.5. The van der Waals surface area contributed by atoms with Crippen molar-refractivity contribution in [2.45, 2.75) is 95.9 Å². The number of methoxy groups -OCH3 is 1. The molecule has 1 saturated heterocycles. The van der Waals surface area contributed by atoms with Crippen LogP contribution in [-0.4, -0.2) is 47.8 Å². The lowest BCUT2D eigenvalue weighted by atomic mass is 9.98. The molecule has 2 atom stereocenters. The number of hydrogen-bond donors (Lipinski definition) is 0. The maximum absolute atomic E-state index is 6.38. The molecule has 0 aromatic carbocycles. The van der Waals surface area contributed by atoms with Gasteiger partial charge < -0.3 is 18.3 Å². The van der Waals surface area contributed by atoms with Gasteiger partial charge in [-0.05, 0) is 37.6 Å². The summed E-state index contributed by atoms with van der Waals surface area (Å²) in [5.74, 6) is 0.748. The summed E-state index contributed by atoms with van der Waals surface area (Å²) in [6.45, 7) is 7.61. The van der Waals surface area contributed by atoms with E-state index < -0.39 is 13.8 Å². The summed E-state index contributed by atoms with van der Waals surface area (Å²) < 4.78 is 24.8. The minimum atomic E-state index is -2.47. The van der Waals surface area contributed by atoms with Crippen molar-refractivity contribution in [3.05, 3.63) is 0 Å². The van der Waals surface area contributed by atoms with Crippen molar-refractivity contribution < 1.29 is 18.3 Å². The monoisotopic (exact) mass is 374 g/mol. The van der Waals surface area contributed by atoms with Crippen LogP contribution in [0.15, 0.2) is 0 Å². The lowest BCUT2D eigenvalue weighted by Gasteiger charge is -2.52. The highest BCUT2D eigenvalue weighted by molar-refractivity contribution is 6.71. The molecule has 0 amide bonds. The largest absolute Gasteiger partial charge is 0.396 e. The summed E-state index contributed by atoms with van der Waals surface area (Å²) in [7, 11) is 2.97. The van der Waals surface area contributed by atoms with Gasteiger partial charge in [-0.25, -0.2) is 0 Å². The van der Waals surface area contributed by atoms with E-state index in [0.717, 1.165) is 50.7 Å². The number of hydrogen-bond acceptors (Lipinski definition) is 4. The topological polar surface area (TPSA) is 36.9 Å². The molecule has 0 aliphatic carbocycles. The van der Waals surface area contributed by atoms with Crippen molar-refractivity contribution in [2.75, 3.05) is 27.9 Å². The molecule has 0 saturated carbocycles. The van der Waals surface area contributed by atoms with E-state index >= 15 is 0 Å². The molecule has 0 spiro atoms. The van der Waals surface area contributed by atoms with Crippen LogP contribution < -0.4 is 0 Å². The quantitative estimate of drug-likeness (QED) is 0.327. The maximum Gasteiger partial charge on any atom is 0.373 e. The first-order valence-corrected chi connectivity index (χ1v) is 12.3. The van der Waals surface area contributed by atoms with Gasteiger partial charge >= 0.3 is 8.56 Å². The Balaban J connectivity index is 2.89. The predicted octanol–water partition coefficient (Wildman–Crippen LogP) is 5.23. The maximum atomic E-state index is 6.38. The smallest absolute Gasteiger partial charge is 0.373 e. The van der Waals surface area contributed by atoms with Gasteiger partial charge in [-0.15, -0.1) is 0 Å². The van der Waals surface area contributed by atoms with Gasteiger partial charge in [0.15, 0.2) is 0 Å². The van der Waals surface area contributed by atoms with Crippen LogP contribution in [-0.2, 0) is 18.3 Å². The Bertz CT molecular complexity index is 347. The molecule has 0 radical (unpaired) electrons. The van der Waals surface area contributed by atoms with Crippen molar-refractivity contribution in [3.63, 3.8) is 0 Å². The van der Waals surface area contributed by atoms with E-state index in [9.17, 15) is 0 Å². The Labute approximate surface area is 157 Å². The molecule has 0 aromatic rings. The van der Waals surface area contributed by atoms with Crippen LogP contribution in [0.25, 0.3) is 0 Å². The average Bonchev–Trinajstić information content (AvgIpc) is 2.62. The molecule has 1 aliphatic heterocycles. The highest BCUT2D eigenvalue weighted by Crippen LogP contribution is 2.44. The minimum Gasteiger partial charge on any atom is -0.396 e. The predicted molar refractivity (Wildman–Crippen MR) is 106 cm³/mol. The van der Waals surface area contributed by atoms with Crippen LogP contribution in [0.4, 0.5) is 0 Å². The summed E-state index contributed by atoms with van der Waals surface area (Å²) >= 11 is 0. The van der Waals surface area contributed by atoms with E-state index in [1.165, 1.54) is 25.7 Å². The second kappa shape index (κ2) is 11.7. The molecule has 25 heavy (non-hydrogen) atoms. The highest BCUT2D eigenvalue weighted by atomic mass is 28.4. The fraction of sp³-hybridized carbons (Fsp3) is 1.00. The molecular formula is C20H42O4Si. The minimum absolute atomic E-state index is 0.0914. The number of unbranched alkanes of at least 4 members (excludes halogenated alkanes) is 3. The molecule has 2 unspecified atom stereocenters. The summed E-state index contributed by atoms with van der Waals surface area (Å²) in [5.41, 5.74) is 0. The van der Waals surface area contributed by atoms with Crippen LogP contribution >= 0.6 is 0 Å². The van der Waals surface area contributed by atoms with E-state index in [4.69, 9.17) is 18.3 Å². The Hall–Kier alpha value is 0.0569. The molecule has 0 bridgehead atoms. The third-order valence-corrected chi connectivity index (χ3v) is 10.2. The summed E-state index contributed by atoms with van der Waals surface area (Å²) in [5, 5.41) is -0.391. The average molecular weight is 375 g/mol. The Kier molecular flexibility index (Phi) is 10.8. The lowest BCUT2D eigenvalue weighted by molar-refractivity contribution is -0.124. The van der Waals surface area contributed by atoms with Gasteiger partial charge in [-0.2, -0.15) is 0 Å². The van der Waals surface area contributed by atoms with Crippen molar-refractivity contribution in [2.24, 2.45) is 5.92 Å².